The molecular weight excluding hydrogens is 184 g/mol. The van der Waals surface area contributed by atoms with Gasteiger partial charge in [0.25, 0.3) is 0 Å². The normalized spacial score (nSPS) is 9.64. The molecule has 1 heterocycles. The Labute approximate surface area is 82.1 Å². The van der Waals surface area contributed by atoms with Gasteiger partial charge in [0.05, 0.1) is 19.9 Å². The number of aryl methyl sites for hydroxylation is 1. The summed E-state index contributed by atoms with van der Waals surface area (Å²) in [4.78, 5) is 19.1. The third-order valence-corrected chi connectivity index (χ3v) is 1.58. The smallest absolute Gasteiger partial charge is 0.358 e. The molecule has 76 valence electrons. The molecule has 5 heteroatoms. The molecule has 5 nitrogen and oxygen atoms in total. The predicted molar refractivity (Wildman–Crippen MR) is 49.3 cm³/mol. The van der Waals surface area contributed by atoms with Gasteiger partial charge >= 0.3 is 5.97 Å². The molecule has 0 aliphatic rings. The molecule has 1 aromatic heterocycles. The van der Waals surface area contributed by atoms with E-state index in [-0.39, 0.29) is 5.69 Å². The van der Waals surface area contributed by atoms with Crippen LogP contribution in [-0.4, -0.2) is 29.7 Å². The van der Waals surface area contributed by atoms with Gasteiger partial charge in [-0.2, -0.15) is 0 Å². The van der Waals surface area contributed by atoms with Gasteiger partial charge in [0.15, 0.2) is 5.69 Å². The summed E-state index contributed by atoms with van der Waals surface area (Å²) < 4.78 is 9.69. The fourth-order valence-electron chi connectivity index (χ4n) is 0.974. The number of carbonyl (C=O) groups excluding carboxylic acids is 1. The van der Waals surface area contributed by atoms with E-state index in [0.29, 0.717) is 18.2 Å². The van der Waals surface area contributed by atoms with E-state index in [4.69, 9.17) is 9.47 Å². The van der Waals surface area contributed by atoms with E-state index in [1.165, 1.54) is 13.3 Å². The second-order valence-electron chi connectivity index (χ2n) is 2.57. The van der Waals surface area contributed by atoms with Crippen LogP contribution < -0.4 is 4.74 Å². The molecule has 14 heavy (non-hydrogen) atoms. The van der Waals surface area contributed by atoms with Crippen molar-refractivity contribution < 1.29 is 14.3 Å². The largest absolute Gasteiger partial charge is 0.480 e. The van der Waals surface area contributed by atoms with E-state index >= 15 is 0 Å². The van der Waals surface area contributed by atoms with Crippen LogP contribution in [0.5, 0.6) is 5.88 Å². The number of carbonyl (C=O) groups is 1. The molecule has 0 spiro atoms. The Morgan fingerprint density at radius 3 is 2.79 bits per heavy atom. The van der Waals surface area contributed by atoms with Crippen LogP contribution in [0.15, 0.2) is 6.20 Å². The topological polar surface area (TPSA) is 61.3 Å². The summed E-state index contributed by atoms with van der Waals surface area (Å²) in [6.45, 7) is 3.78. The molecule has 0 fully saturated rings. The average Bonchev–Trinajstić information content (AvgIpc) is 2.18. The summed E-state index contributed by atoms with van der Waals surface area (Å²) in [5.41, 5.74) is 0.767. The molecular formula is C9H12N2O3. The second kappa shape index (κ2) is 4.55. The number of methoxy groups -OCH3 is 1. The zero-order valence-electron chi connectivity index (χ0n) is 8.40. The van der Waals surface area contributed by atoms with Crippen LogP contribution in [0.25, 0.3) is 0 Å². The predicted octanol–water partition coefficient (Wildman–Crippen LogP) is 0.970. The second-order valence-corrected chi connectivity index (χ2v) is 2.57. The molecule has 0 N–H and O–H groups in total. The monoisotopic (exact) mass is 196 g/mol. The SMILES string of the molecule is CCOC(=O)c1cnc(OC)c(C)n1. The molecule has 0 saturated heterocycles. The highest BCUT2D eigenvalue weighted by atomic mass is 16.5. The number of aromatic nitrogens is 2. The van der Waals surface area contributed by atoms with Crippen LogP contribution in [0, 0.1) is 6.92 Å². The van der Waals surface area contributed by atoms with Crippen LogP contribution in [0.3, 0.4) is 0 Å². The van der Waals surface area contributed by atoms with Crippen molar-refractivity contribution >= 4 is 5.97 Å². The summed E-state index contributed by atoms with van der Waals surface area (Å²) in [6, 6.07) is 0. The number of nitrogens with zero attached hydrogens (tertiary/aromatic N) is 2. The fourth-order valence-corrected chi connectivity index (χ4v) is 0.974. The van der Waals surface area contributed by atoms with Gasteiger partial charge in [0, 0.05) is 0 Å². The lowest BCUT2D eigenvalue weighted by atomic mass is 10.4. The quantitative estimate of drug-likeness (QED) is 0.674. The molecule has 0 unspecified atom stereocenters. The fraction of sp³-hybridized carbons (Fsp3) is 0.444. The van der Waals surface area contributed by atoms with Crippen molar-refractivity contribution in [2.24, 2.45) is 0 Å². The minimum absolute atomic E-state index is 0.199. The van der Waals surface area contributed by atoms with E-state index in [2.05, 4.69) is 9.97 Å². The lowest BCUT2D eigenvalue weighted by Crippen LogP contribution is -2.09. The maximum atomic E-state index is 11.2. The highest BCUT2D eigenvalue weighted by molar-refractivity contribution is 5.86. The maximum Gasteiger partial charge on any atom is 0.358 e. The Morgan fingerprint density at radius 2 is 2.29 bits per heavy atom. The van der Waals surface area contributed by atoms with Crippen LogP contribution in [0.1, 0.15) is 23.1 Å². The summed E-state index contributed by atoms with van der Waals surface area (Å²) in [5, 5.41) is 0. The van der Waals surface area contributed by atoms with Gasteiger partial charge in [-0.15, -0.1) is 0 Å². The Bertz CT molecular complexity index is 339. The first kappa shape index (κ1) is 10.4. The lowest BCUT2D eigenvalue weighted by Gasteiger charge is -2.04. The minimum atomic E-state index is -0.467. The summed E-state index contributed by atoms with van der Waals surface area (Å²) in [7, 11) is 1.50. The van der Waals surface area contributed by atoms with Crippen molar-refractivity contribution in [3.8, 4) is 5.88 Å². The molecule has 0 aliphatic heterocycles. The molecule has 0 aliphatic carbocycles. The molecule has 1 rings (SSSR count). The van der Waals surface area contributed by atoms with Gasteiger partial charge in [0.2, 0.25) is 5.88 Å². The zero-order chi connectivity index (χ0) is 10.6. The summed E-state index contributed by atoms with van der Waals surface area (Å²) in [5.74, 6) is -0.0520. The first-order valence-corrected chi connectivity index (χ1v) is 4.23. The number of rotatable bonds is 3. The van der Waals surface area contributed by atoms with Gasteiger partial charge in [-0.1, -0.05) is 0 Å². The van der Waals surface area contributed by atoms with Crippen LogP contribution in [-0.2, 0) is 4.74 Å². The van der Waals surface area contributed by atoms with Crippen molar-refractivity contribution in [1.29, 1.82) is 0 Å². The molecule has 0 saturated carbocycles. The van der Waals surface area contributed by atoms with E-state index < -0.39 is 5.97 Å². The van der Waals surface area contributed by atoms with Crippen molar-refractivity contribution in [3.05, 3.63) is 17.6 Å². The van der Waals surface area contributed by atoms with Crippen LogP contribution >= 0.6 is 0 Å². The van der Waals surface area contributed by atoms with E-state index in [1.807, 2.05) is 0 Å². The maximum absolute atomic E-state index is 11.2. The number of hydrogen-bond donors (Lipinski definition) is 0. The molecule has 0 bridgehead atoms. The third-order valence-electron chi connectivity index (χ3n) is 1.58. The standard InChI is InChI=1S/C9H12N2O3/c1-4-14-9(12)7-5-10-8(13-3)6(2)11-7/h5H,4H2,1-3H3. The Balaban J connectivity index is 2.91. The Morgan fingerprint density at radius 1 is 1.57 bits per heavy atom. The molecule has 1 aromatic rings. The molecule has 0 amide bonds. The van der Waals surface area contributed by atoms with Crippen molar-refractivity contribution in [2.75, 3.05) is 13.7 Å². The molecule has 0 atom stereocenters. The van der Waals surface area contributed by atoms with Crippen molar-refractivity contribution in [2.45, 2.75) is 13.8 Å². The van der Waals surface area contributed by atoms with E-state index in [1.54, 1.807) is 13.8 Å². The first-order chi connectivity index (χ1) is 6.69. The summed E-state index contributed by atoms with van der Waals surface area (Å²) >= 11 is 0. The minimum Gasteiger partial charge on any atom is -0.480 e. The van der Waals surface area contributed by atoms with Gasteiger partial charge < -0.3 is 9.47 Å². The van der Waals surface area contributed by atoms with Crippen LogP contribution in [0.2, 0.25) is 0 Å². The van der Waals surface area contributed by atoms with Gasteiger partial charge in [-0.05, 0) is 13.8 Å². The lowest BCUT2D eigenvalue weighted by molar-refractivity contribution is 0.0518. The van der Waals surface area contributed by atoms with Crippen LogP contribution in [0.4, 0.5) is 0 Å². The number of esters is 1. The average molecular weight is 196 g/mol. The molecule has 0 aromatic carbocycles. The van der Waals surface area contributed by atoms with Gasteiger partial charge in [-0.3, -0.25) is 0 Å². The summed E-state index contributed by atoms with van der Waals surface area (Å²) in [6.07, 6.45) is 1.34. The third kappa shape index (κ3) is 2.18. The van der Waals surface area contributed by atoms with Gasteiger partial charge in [-0.25, -0.2) is 14.8 Å². The first-order valence-electron chi connectivity index (χ1n) is 4.23. The Kier molecular flexibility index (Phi) is 3.39. The van der Waals surface area contributed by atoms with Crippen molar-refractivity contribution in [3.63, 3.8) is 0 Å². The Hall–Kier alpha value is -1.65. The van der Waals surface area contributed by atoms with Gasteiger partial charge in [0.1, 0.15) is 5.69 Å². The zero-order valence-corrected chi connectivity index (χ0v) is 8.40. The van der Waals surface area contributed by atoms with E-state index in [9.17, 15) is 4.79 Å². The number of hydrogen-bond acceptors (Lipinski definition) is 5. The number of ether oxygens (including phenoxy) is 2. The highest BCUT2D eigenvalue weighted by Crippen LogP contribution is 2.10. The van der Waals surface area contributed by atoms with Crippen molar-refractivity contribution in [1.82, 2.24) is 9.97 Å². The van der Waals surface area contributed by atoms with E-state index in [0.717, 1.165) is 0 Å². The highest BCUT2D eigenvalue weighted by Gasteiger charge is 2.11. The molecule has 0 radical (unpaired) electrons.